The maximum atomic E-state index is 5.32. The average molecular weight is 678 g/mol. The molecule has 0 amide bonds. The molecule has 53 heavy (non-hydrogen) atoms. The number of pyridine rings is 1. The van der Waals surface area contributed by atoms with E-state index in [4.69, 9.17) is 9.97 Å². The number of nitrogens with zero attached hydrogens (tertiary/aromatic N) is 3. The van der Waals surface area contributed by atoms with Gasteiger partial charge in [-0.3, -0.25) is 4.98 Å². The standard InChI is InChI=1S/C50H35N3/c1-34-13-3-2-4-14-36-15-6-9-22-43(36)46(29-34)49-31-48(52-50(53-49)45-24-12-18-37-16-5-8-21-42(37)45)38-27-25-35(26-28-38)39-19-11-20-40(30-39)47-33-51-32-41-17-7-10-23-44(41)47/h2-13,15-33H,1,14H2/b4-2-,13-3-,46-29+. The highest BCUT2D eigenvalue weighted by Gasteiger charge is 2.18. The van der Waals surface area contributed by atoms with Gasteiger partial charge >= 0.3 is 0 Å². The van der Waals surface area contributed by atoms with Crippen molar-refractivity contribution in [1.29, 1.82) is 0 Å². The topological polar surface area (TPSA) is 38.7 Å². The lowest BCUT2D eigenvalue weighted by atomic mass is 9.92. The number of allylic oxidation sites excluding steroid dienone is 6. The first-order valence-electron chi connectivity index (χ1n) is 17.9. The van der Waals surface area contributed by atoms with Crippen LogP contribution < -0.4 is 0 Å². The van der Waals surface area contributed by atoms with Crippen molar-refractivity contribution in [3.8, 4) is 44.9 Å². The molecule has 0 spiro atoms. The Morgan fingerprint density at radius 3 is 2.06 bits per heavy atom. The number of rotatable bonds is 5. The summed E-state index contributed by atoms with van der Waals surface area (Å²) in [6.45, 7) is 4.37. The predicted octanol–water partition coefficient (Wildman–Crippen LogP) is 12.5. The van der Waals surface area contributed by atoms with E-state index in [9.17, 15) is 0 Å². The normalized spacial score (nSPS) is 15.0. The van der Waals surface area contributed by atoms with Gasteiger partial charge in [-0.15, -0.1) is 0 Å². The van der Waals surface area contributed by atoms with Crippen molar-refractivity contribution in [3.63, 3.8) is 0 Å². The first kappa shape index (κ1) is 32.0. The van der Waals surface area contributed by atoms with E-state index >= 15 is 0 Å². The number of hydrogen-bond donors (Lipinski definition) is 0. The molecule has 0 atom stereocenters. The number of benzene rings is 6. The van der Waals surface area contributed by atoms with Gasteiger partial charge in [0, 0.05) is 40.0 Å². The van der Waals surface area contributed by atoms with Crippen LogP contribution in [0.25, 0.3) is 72.0 Å². The quantitative estimate of drug-likeness (QED) is 0.182. The highest BCUT2D eigenvalue weighted by Crippen LogP contribution is 2.36. The summed E-state index contributed by atoms with van der Waals surface area (Å²) in [5.41, 5.74) is 12.6. The van der Waals surface area contributed by atoms with Crippen LogP contribution in [0.15, 0.2) is 201 Å². The van der Waals surface area contributed by atoms with Gasteiger partial charge in [-0.1, -0.05) is 164 Å². The van der Waals surface area contributed by atoms with Gasteiger partial charge in [0.1, 0.15) is 0 Å². The largest absolute Gasteiger partial charge is 0.263 e. The molecule has 1 aliphatic carbocycles. The van der Waals surface area contributed by atoms with Gasteiger partial charge in [0.05, 0.1) is 11.4 Å². The third-order valence-electron chi connectivity index (χ3n) is 9.92. The van der Waals surface area contributed by atoms with Crippen molar-refractivity contribution in [1.82, 2.24) is 15.0 Å². The summed E-state index contributed by atoms with van der Waals surface area (Å²) in [5.74, 6) is 0.686. The first-order valence-corrected chi connectivity index (χ1v) is 17.9. The zero-order valence-corrected chi connectivity index (χ0v) is 29.2. The molecule has 0 bridgehead atoms. The molecule has 0 unspecified atom stereocenters. The Hall–Kier alpha value is -6.97. The summed E-state index contributed by atoms with van der Waals surface area (Å²) >= 11 is 0. The molecule has 8 aromatic rings. The Balaban J connectivity index is 1.17. The summed E-state index contributed by atoms with van der Waals surface area (Å²) in [4.78, 5) is 15.1. The van der Waals surface area contributed by atoms with E-state index in [1.54, 1.807) is 0 Å². The molecule has 3 heteroatoms. The minimum atomic E-state index is 0.686. The second-order valence-electron chi connectivity index (χ2n) is 13.3. The Morgan fingerprint density at radius 1 is 0.491 bits per heavy atom. The molecule has 0 radical (unpaired) electrons. The highest BCUT2D eigenvalue weighted by atomic mass is 14.9. The fourth-order valence-corrected chi connectivity index (χ4v) is 7.26. The van der Waals surface area contributed by atoms with Crippen LogP contribution >= 0.6 is 0 Å². The second kappa shape index (κ2) is 14.0. The van der Waals surface area contributed by atoms with E-state index in [1.807, 2.05) is 24.5 Å². The zero-order valence-electron chi connectivity index (χ0n) is 29.2. The predicted molar refractivity (Wildman–Crippen MR) is 221 cm³/mol. The van der Waals surface area contributed by atoms with E-state index in [1.165, 1.54) is 10.9 Å². The van der Waals surface area contributed by atoms with Crippen LogP contribution in [0.3, 0.4) is 0 Å². The molecular formula is C50H35N3. The van der Waals surface area contributed by atoms with E-state index in [0.29, 0.717) is 5.82 Å². The number of aromatic nitrogens is 3. The minimum absolute atomic E-state index is 0.686. The fourth-order valence-electron chi connectivity index (χ4n) is 7.26. The molecule has 0 N–H and O–H groups in total. The third-order valence-corrected chi connectivity index (χ3v) is 9.92. The molecule has 1 aliphatic rings. The summed E-state index contributed by atoms with van der Waals surface area (Å²) in [6.07, 6.45) is 15.2. The summed E-state index contributed by atoms with van der Waals surface area (Å²) < 4.78 is 0. The van der Waals surface area contributed by atoms with Crippen molar-refractivity contribution >= 4 is 27.1 Å². The number of fused-ring (bicyclic) bond motifs is 3. The molecule has 250 valence electrons. The van der Waals surface area contributed by atoms with E-state index in [0.717, 1.165) is 84.1 Å². The van der Waals surface area contributed by atoms with Gasteiger partial charge in [0.25, 0.3) is 0 Å². The monoisotopic (exact) mass is 677 g/mol. The van der Waals surface area contributed by atoms with Crippen molar-refractivity contribution in [2.45, 2.75) is 6.42 Å². The summed E-state index contributed by atoms with van der Waals surface area (Å²) in [7, 11) is 0. The van der Waals surface area contributed by atoms with Crippen LogP contribution in [0.1, 0.15) is 16.8 Å². The van der Waals surface area contributed by atoms with Crippen LogP contribution in [-0.2, 0) is 6.42 Å². The van der Waals surface area contributed by atoms with Crippen molar-refractivity contribution < 1.29 is 0 Å². The van der Waals surface area contributed by atoms with Gasteiger partial charge < -0.3 is 0 Å². The van der Waals surface area contributed by atoms with Gasteiger partial charge in [-0.05, 0) is 74.2 Å². The maximum Gasteiger partial charge on any atom is 0.161 e. The number of hydrogen-bond acceptors (Lipinski definition) is 3. The SMILES string of the molecule is C=C1/C=C\C=C/Cc2ccccc2/C(c2cc(-c3ccc(-c4cccc(-c5cncc6ccccc56)c4)cc3)nc(-c3cccc4ccccc34)n2)=C\1. The van der Waals surface area contributed by atoms with Crippen LogP contribution in [-0.4, -0.2) is 15.0 Å². The van der Waals surface area contributed by atoms with Crippen LogP contribution in [0, 0.1) is 0 Å². The van der Waals surface area contributed by atoms with Crippen molar-refractivity contribution in [2.75, 3.05) is 0 Å². The molecule has 9 rings (SSSR count). The third kappa shape index (κ3) is 6.41. The lowest BCUT2D eigenvalue weighted by Gasteiger charge is -2.16. The Morgan fingerprint density at radius 2 is 1.17 bits per heavy atom. The Bertz CT molecular complexity index is 2760. The maximum absolute atomic E-state index is 5.32. The molecule has 0 aliphatic heterocycles. The summed E-state index contributed by atoms with van der Waals surface area (Å²) in [6, 6.07) is 51.3. The molecule has 6 aromatic carbocycles. The second-order valence-corrected chi connectivity index (χ2v) is 13.3. The van der Waals surface area contributed by atoms with Crippen LogP contribution in [0.5, 0.6) is 0 Å². The zero-order chi connectivity index (χ0) is 35.6. The first-order chi connectivity index (χ1) is 26.2. The highest BCUT2D eigenvalue weighted by molar-refractivity contribution is 5.97. The molecule has 0 fully saturated rings. The van der Waals surface area contributed by atoms with Gasteiger partial charge in [-0.2, -0.15) is 0 Å². The van der Waals surface area contributed by atoms with E-state index in [-0.39, 0.29) is 0 Å². The van der Waals surface area contributed by atoms with Gasteiger partial charge in [0.2, 0.25) is 0 Å². The van der Waals surface area contributed by atoms with Crippen LogP contribution in [0.2, 0.25) is 0 Å². The molecule has 2 heterocycles. The minimum Gasteiger partial charge on any atom is -0.263 e. The lowest BCUT2D eigenvalue weighted by molar-refractivity contribution is 1.15. The van der Waals surface area contributed by atoms with E-state index in [2.05, 4.69) is 175 Å². The smallest absolute Gasteiger partial charge is 0.161 e. The van der Waals surface area contributed by atoms with Crippen molar-refractivity contribution in [2.24, 2.45) is 0 Å². The fraction of sp³-hybridized carbons (Fsp3) is 0.0200. The Labute approximate surface area is 309 Å². The molecule has 0 saturated heterocycles. The molecule has 0 saturated carbocycles. The van der Waals surface area contributed by atoms with Crippen molar-refractivity contribution in [3.05, 3.63) is 217 Å². The van der Waals surface area contributed by atoms with Gasteiger partial charge in [-0.25, -0.2) is 9.97 Å². The molecule has 3 nitrogen and oxygen atoms in total. The molecular weight excluding hydrogens is 643 g/mol. The lowest BCUT2D eigenvalue weighted by Crippen LogP contribution is -2.02. The molecule has 2 aromatic heterocycles. The van der Waals surface area contributed by atoms with Crippen LogP contribution in [0.4, 0.5) is 0 Å². The Kier molecular flexibility index (Phi) is 8.43. The van der Waals surface area contributed by atoms with E-state index < -0.39 is 0 Å². The average Bonchev–Trinajstić information content (AvgIpc) is 3.22. The summed E-state index contributed by atoms with van der Waals surface area (Å²) in [5, 5.41) is 4.60. The van der Waals surface area contributed by atoms with Gasteiger partial charge in [0.15, 0.2) is 5.82 Å².